The van der Waals surface area contributed by atoms with Gasteiger partial charge in [0.05, 0.1) is 0 Å². The van der Waals surface area contributed by atoms with Crippen molar-refractivity contribution in [2.45, 2.75) is 51.7 Å². The molecule has 0 bridgehead atoms. The quantitative estimate of drug-likeness (QED) is 0.597. The Morgan fingerprint density at radius 3 is 2.79 bits per heavy atom. The molecule has 1 amide bonds. The highest BCUT2D eigenvalue weighted by Crippen LogP contribution is 2.43. The first-order valence-electron chi connectivity index (χ1n) is 5.47. The van der Waals surface area contributed by atoms with Crippen LogP contribution in [0.2, 0.25) is 0 Å². The highest BCUT2D eigenvalue weighted by atomic mass is 16.6. The molecule has 0 N–H and O–H groups in total. The molecule has 0 spiro atoms. The van der Waals surface area contributed by atoms with Gasteiger partial charge in [-0.3, -0.25) is 0 Å². The summed E-state index contributed by atoms with van der Waals surface area (Å²) < 4.78 is 5.36. The van der Waals surface area contributed by atoms with Crippen LogP contribution in [0.25, 0.3) is 0 Å². The number of piperidine rings is 1. The molecule has 80 valence electrons. The zero-order chi connectivity index (χ0) is 10.3. The van der Waals surface area contributed by atoms with Gasteiger partial charge >= 0.3 is 6.09 Å². The first-order valence-corrected chi connectivity index (χ1v) is 5.47. The van der Waals surface area contributed by atoms with E-state index < -0.39 is 0 Å². The molecule has 2 rings (SSSR count). The first kappa shape index (κ1) is 9.81. The molecule has 2 unspecified atom stereocenters. The molecule has 1 heterocycles. The van der Waals surface area contributed by atoms with Gasteiger partial charge in [0, 0.05) is 12.6 Å². The summed E-state index contributed by atoms with van der Waals surface area (Å²) in [5.41, 5.74) is -0.362. The third-order valence-corrected chi connectivity index (χ3v) is 2.89. The normalized spacial score (nSPS) is 30.9. The van der Waals surface area contributed by atoms with E-state index in [0.29, 0.717) is 6.04 Å². The first-order chi connectivity index (χ1) is 6.47. The van der Waals surface area contributed by atoms with E-state index in [-0.39, 0.29) is 11.7 Å². The van der Waals surface area contributed by atoms with E-state index in [1.165, 1.54) is 12.8 Å². The van der Waals surface area contributed by atoms with Gasteiger partial charge in [-0.1, -0.05) is 0 Å². The molecule has 14 heavy (non-hydrogen) atoms. The van der Waals surface area contributed by atoms with Crippen LogP contribution in [0.3, 0.4) is 0 Å². The van der Waals surface area contributed by atoms with Gasteiger partial charge in [0.15, 0.2) is 0 Å². The Morgan fingerprint density at radius 1 is 1.43 bits per heavy atom. The second-order valence-electron chi connectivity index (χ2n) is 5.38. The summed E-state index contributed by atoms with van der Waals surface area (Å²) in [4.78, 5) is 13.7. The topological polar surface area (TPSA) is 29.5 Å². The molecule has 1 saturated heterocycles. The van der Waals surface area contributed by atoms with Crippen molar-refractivity contribution in [3.8, 4) is 0 Å². The Labute approximate surface area is 85.4 Å². The lowest BCUT2D eigenvalue weighted by Gasteiger charge is -2.29. The molecule has 2 atom stereocenters. The molecule has 3 heteroatoms. The number of amides is 1. The molecule has 0 aromatic rings. The smallest absolute Gasteiger partial charge is 0.410 e. The predicted molar refractivity (Wildman–Crippen MR) is 54.1 cm³/mol. The number of likely N-dealkylation sites (tertiary alicyclic amines) is 1. The number of hydrogen-bond acceptors (Lipinski definition) is 2. The van der Waals surface area contributed by atoms with Crippen LogP contribution >= 0.6 is 0 Å². The molecular weight excluding hydrogens is 178 g/mol. The zero-order valence-electron chi connectivity index (χ0n) is 9.25. The third-order valence-electron chi connectivity index (χ3n) is 2.89. The van der Waals surface area contributed by atoms with Crippen molar-refractivity contribution in [3.63, 3.8) is 0 Å². The second kappa shape index (κ2) is 3.14. The van der Waals surface area contributed by atoms with Crippen molar-refractivity contribution in [1.82, 2.24) is 4.90 Å². The molecule has 2 aliphatic rings. The number of ether oxygens (including phenoxy) is 1. The van der Waals surface area contributed by atoms with E-state index in [1.54, 1.807) is 0 Å². The monoisotopic (exact) mass is 197 g/mol. The zero-order valence-corrected chi connectivity index (χ0v) is 9.25. The molecule has 1 aliphatic carbocycles. The Hall–Kier alpha value is -0.730. The molecule has 0 aromatic heterocycles. The van der Waals surface area contributed by atoms with Gasteiger partial charge in [-0.2, -0.15) is 0 Å². The Bertz CT molecular complexity index is 244. The van der Waals surface area contributed by atoms with Crippen LogP contribution in [0.1, 0.15) is 40.0 Å². The van der Waals surface area contributed by atoms with E-state index >= 15 is 0 Å². The minimum atomic E-state index is -0.362. The third kappa shape index (κ3) is 2.02. The van der Waals surface area contributed by atoms with E-state index in [9.17, 15) is 4.79 Å². The maximum Gasteiger partial charge on any atom is 0.410 e. The summed E-state index contributed by atoms with van der Waals surface area (Å²) >= 11 is 0. The van der Waals surface area contributed by atoms with Crippen LogP contribution in [0.4, 0.5) is 4.79 Å². The van der Waals surface area contributed by atoms with Crippen LogP contribution in [-0.2, 0) is 4.74 Å². The maximum absolute atomic E-state index is 11.8. The van der Waals surface area contributed by atoms with Gasteiger partial charge in [0.25, 0.3) is 0 Å². The van der Waals surface area contributed by atoms with Gasteiger partial charge in [-0.25, -0.2) is 4.79 Å². The second-order valence-corrected chi connectivity index (χ2v) is 5.38. The highest BCUT2D eigenvalue weighted by molar-refractivity contribution is 5.69. The average molecular weight is 197 g/mol. The highest BCUT2D eigenvalue weighted by Gasteiger charge is 2.47. The van der Waals surface area contributed by atoms with Crippen LogP contribution in [0.15, 0.2) is 0 Å². The number of nitrogens with zero attached hydrogens (tertiary/aromatic N) is 1. The van der Waals surface area contributed by atoms with Crippen molar-refractivity contribution < 1.29 is 9.53 Å². The minimum Gasteiger partial charge on any atom is -0.444 e. The summed E-state index contributed by atoms with van der Waals surface area (Å²) in [6.45, 7) is 6.63. The van der Waals surface area contributed by atoms with Gasteiger partial charge in [-0.15, -0.1) is 0 Å². The predicted octanol–water partition coefficient (Wildman–Crippen LogP) is 2.41. The van der Waals surface area contributed by atoms with Gasteiger partial charge < -0.3 is 9.64 Å². The standard InChI is InChI=1S/C11H19NO2/c1-11(2,3)14-10(13)12-6-4-5-8-7-9(8)12/h8-9H,4-7H2,1-3H3. The maximum atomic E-state index is 11.8. The van der Waals surface area contributed by atoms with E-state index in [1.807, 2.05) is 25.7 Å². The minimum absolute atomic E-state index is 0.121. The van der Waals surface area contributed by atoms with Crippen molar-refractivity contribution in [2.24, 2.45) is 5.92 Å². The molecule has 2 fully saturated rings. The van der Waals surface area contributed by atoms with E-state index in [2.05, 4.69) is 0 Å². The van der Waals surface area contributed by atoms with Crippen LogP contribution in [-0.4, -0.2) is 29.2 Å². The lowest BCUT2D eigenvalue weighted by molar-refractivity contribution is 0.0194. The largest absolute Gasteiger partial charge is 0.444 e. The number of hydrogen-bond donors (Lipinski definition) is 0. The van der Waals surface area contributed by atoms with Gasteiger partial charge in [0.1, 0.15) is 5.60 Å². The number of carbonyl (C=O) groups is 1. The molecule has 1 aliphatic heterocycles. The summed E-state index contributed by atoms with van der Waals surface area (Å²) in [7, 11) is 0. The Kier molecular flexibility index (Phi) is 2.20. The lowest BCUT2D eigenvalue weighted by Crippen LogP contribution is -2.41. The fourth-order valence-electron chi connectivity index (χ4n) is 2.16. The summed E-state index contributed by atoms with van der Waals surface area (Å²) in [5, 5.41) is 0. The number of fused-ring (bicyclic) bond motifs is 1. The van der Waals surface area contributed by atoms with Crippen LogP contribution < -0.4 is 0 Å². The van der Waals surface area contributed by atoms with Gasteiger partial charge in [-0.05, 0) is 46.0 Å². The number of rotatable bonds is 0. The van der Waals surface area contributed by atoms with E-state index in [4.69, 9.17) is 4.74 Å². The molecule has 0 aromatic carbocycles. The molecule has 0 radical (unpaired) electrons. The Balaban J connectivity index is 1.91. The fraction of sp³-hybridized carbons (Fsp3) is 0.909. The molecule has 1 saturated carbocycles. The summed E-state index contributed by atoms with van der Waals surface area (Å²) in [6, 6.07) is 0.499. The number of carbonyl (C=O) groups excluding carboxylic acids is 1. The fourth-order valence-corrected chi connectivity index (χ4v) is 2.16. The molecule has 3 nitrogen and oxygen atoms in total. The van der Waals surface area contributed by atoms with E-state index in [0.717, 1.165) is 18.9 Å². The van der Waals surface area contributed by atoms with Crippen LogP contribution in [0.5, 0.6) is 0 Å². The van der Waals surface area contributed by atoms with Crippen molar-refractivity contribution >= 4 is 6.09 Å². The van der Waals surface area contributed by atoms with Crippen molar-refractivity contribution in [2.75, 3.05) is 6.54 Å². The van der Waals surface area contributed by atoms with Crippen LogP contribution in [0, 0.1) is 5.92 Å². The van der Waals surface area contributed by atoms with Gasteiger partial charge in [0.2, 0.25) is 0 Å². The SMILES string of the molecule is CC(C)(C)OC(=O)N1CCCC2CC21. The average Bonchev–Trinajstić information content (AvgIpc) is 2.77. The Morgan fingerprint density at radius 2 is 2.14 bits per heavy atom. The summed E-state index contributed by atoms with van der Waals surface area (Å²) in [5.74, 6) is 0.774. The van der Waals surface area contributed by atoms with Crippen molar-refractivity contribution in [1.29, 1.82) is 0 Å². The molecular formula is C11H19NO2. The van der Waals surface area contributed by atoms with Crippen molar-refractivity contribution in [3.05, 3.63) is 0 Å². The lowest BCUT2D eigenvalue weighted by atomic mass is 10.1. The summed E-state index contributed by atoms with van der Waals surface area (Å²) in [6.07, 6.45) is 3.51.